The molecule has 2 aromatic heterocycles. The van der Waals surface area contributed by atoms with Gasteiger partial charge < -0.3 is 15.0 Å². The summed E-state index contributed by atoms with van der Waals surface area (Å²) in [6.07, 6.45) is 4.49. The minimum Gasteiger partial charge on any atom is -0.481 e. The first kappa shape index (κ1) is 19.3. The molecule has 30 heavy (non-hydrogen) atoms. The van der Waals surface area contributed by atoms with Gasteiger partial charge in [-0.2, -0.15) is 0 Å². The van der Waals surface area contributed by atoms with Crippen molar-refractivity contribution in [2.45, 2.75) is 19.4 Å². The van der Waals surface area contributed by atoms with E-state index in [-0.39, 0.29) is 18.0 Å². The monoisotopic (exact) mass is 401 g/mol. The van der Waals surface area contributed by atoms with E-state index in [1.165, 1.54) is 12.4 Å². The summed E-state index contributed by atoms with van der Waals surface area (Å²) >= 11 is 0. The Morgan fingerprint density at radius 3 is 2.57 bits per heavy atom. The summed E-state index contributed by atoms with van der Waals surface area (Å²) in [4.78, 5) is 36.5. The largest absolute Gasteiger partial charge is 0.481 e. The number of imidazole rings is 1. The third-order valence-electron chi connectivity index (χ3n) is 4.73. The van der Waals surface area contributed by atoms with E-state index in [1.807, 2.05) is 34.9 Å². The van der Waals surface area contributed by atoms with Gasteiger partial charge in [0.05, 0.1) is 41.7 Å². The molecule has 8 heteroatoms. The Labute approximate surface area is 172 Å². The lowest BCUT2D eigenvalue weighted by molar-refractivity contribution is -0.137. The maximum atomic E-state index is 12.5. The second kappa shape index (κ2) is 8.12. The number of anilines is 1. The standard InChI is InChI=1S/C22H19N5O3/c1-14-11-24-18(12-23-14)22(30)26-16-7-8-17-20(9-16)27(13-25-17)19(10-21(28)29)15-5-3-2-4-6-15/h2-9,11-13,19H,10H2,1H3,(H,26,30)(H,28,29). The summed E-state index contributed by atoms with van der Waals surface area (Å²) in [7, 11) is 0. The number of aliphatic carboxylic acids is 1. The van der Waals surface area contributed by atoms with Crippen LogP contribution in [0.4, 0.5) is 5.69 Å². The van der Waals surface area contributed by atoms with Crippen LogP contribution >= 0.6 is 0 Å². The quantitative estimate of drug-likeness (QED) is 0.512. The smallest absolute Gasteiger partial charge is 0.305 e. The average Bonchev–Trinajstić information content (AvgIpc) is 3.16. The molecule has 1 amide bonds. The van der Waals surface area contributed by atoms with Gasteiger partial charge >= 0.3 is 5.97 Å². The van der Waals surface area contributed by atoms with Gasteiger partial charge in [0.1, 0.15) is 5.69 Å². The molecule has 4 aromatic rings. The third-order valence-corrected chi connectivity index (χ3v) is 4.73. The molecule has 2 aromatic carbocycles. The molecule has 0 aliphatic rings. The number of nitrogens with zero attached hydrogens (tertiary/aromatic N) is 4. The highest BCUT2D eigenvalue weighted by Gasteiger charge is 2.20. The number of hydrogen-bond donors (Lipinski definition) is 2. The summed E-state index contributed by atoms with van der Waals surface area (Å²) in [6, 6.07) is 14.3. The Morgan fingerprint density at radius 1 is 1.07 bits per heavy atom. The molecular weight excluding hydrogens is 382 g/mol. The lowest BCUT2D eigenvalue weighted by Crippen LogP contribution is -2.15. The summed E-state index contributed by atoms with van der Waals surface area (Å²) < 4.78 is 1.82. The van der Waals surface area contributed by atoms with Crippen LogP contribution in [0.25, 0.3) is 11.0 Å². The van der Waals surface area contributed by atoms with E-state index in [0.29, 0.717) is 11.2 Å². The van der Waals surface area contributed by atoms with Crippen LogP contribution in [0.3, 0.4) is 0 Å². The van der Waals surface area contributed by atoms with E-state index in [1.54, 1.807) is 31.5 Å². The SMILES string of the molecule is Cc1cnc(C(=O)Nc2ccc3ncn(C(CC(=O)O)c4ccccc4)c3c2)cn1. The van der Waals surface area contributed by atoms with Gasteiger partial charge in [-0.25, -0.2) is 9.97 Å². The number of carboxylic acids is 1. The molecule has 1 atom stereocenters. The van der Waals surface area contributed by atoms with Gasteiger partial charge in [0.2, 0.25) is 0 Å². The number of amides is 1. The number of benzene rings is 2. The third kappa shape index (κ3) is 4.02. The van der Waals surface area contributed by atoms with E-state index < -0.39 is 12.0 Å². The molecule has 0 aliphatic carbocycles. The molecule has 0 saturated heterocycles. The minimum atomic E-state index is -0.909. The number of carbonyl (C=O) groups is 2. The lowest BCUT2D eigenvalue weighted by Gasteiger charge is -2.18. The minimum absolute atomic E-state index is 0.0922. The molecule has 0 saturated carbocycles. The van der Waals surface area contributed by atoms with Crippen molar-refractivity contribution in [2.75, 3.05) is 5.32 Å². The molecule has 2 heterocycles. The van der Waals surface area contributed by atoms with Crippen LogP contribution in [0, 0.1) is 6.92 Å². The van der Waals surface area contributed by atoms with Crippen LogP contribution in [-0.4, -0.2) is 36.5 Å². The van der Waals surface area contributed by atoms with Gasteiger partial charge in [0.15, 0.2) is 0 Å². The van der Waals surface area contributed by atoms with Crippen molar-refractivity contribution in [3.63, 3.8) is 0 Å². The molecule has 0 bridgehead atoms. The fourth-order valence-electron chi connectivity index (χ4n) is 3.27. The molecule has 1 unspecified atom stereocenters. The van der Waals surface area contributed by atoms with Gasteiger partial charge in [-0.3, -0.25) is 14.6 Å². The molecule has 0 aliphatic heterocycles. The molecule has 0 radical (unpaired) electrons. The zero-order valence-corrected chi connectivity index (χ0v) is 16.2. The zero-order valence-electron chi connectivity index (χ0n) is 16.2. The summed E-state index contributed by atoms with van der Waals surface area (Å²) in [6.45, 7) is 1.80. The van der Waals surface area contributed by atoms with Crippen molar-refractivity contribution in [1.29, 1.82) is 0 Å². The number of nitrogens with one attached hydrogen (secondary N) is 1. The van der Waals surface area contributed by atoms with Gasteiger partial charge in [0, 0.05) is 11.9 Å². The first-order valence-electron chi connectivity index (χ1n) is 9.34. The summed E-state index contributed by atoms with van der Waals surface area (Å²) in [5.41, 5.74) is 3.78. The Bertz CT molecular complexity index is 1200. The Balaban J connectivity index is 1.69. The van der Waals surface area contributed by atoms with E-state index >= 15 is 0 Å². The number of carbonyl (C=O) groups excluding carboxylic acids is 1. The summed E-state index contributed by atoms with van der Waals surface area (Å²) in [5, 5.41) is 12.2. The molecule has 150 valence electrons. The van der Waals surface area contributed by atoms with Crippen molar-refractivity contribution >= 4 is 28.6 Å². The van der Waals surface area contributed by atoms with Gasteiger partial charge in [0.25, 0.3) is 5.91 Å². The first-order chi connectivity index (χ1) is 14.5. The van der Waals surface area contributed by atoms with Crippen LogP contribution in [0.5, 0.6) is 0 Å². The number of rotatable bonds is 6. The van der Waals surface area contributed by atoms with Crippen molar-refractivity contribution < 1.29 is 14.7 Å². The fraction of sp³-hybridized carbons (Fsp3) is 0.136. The van der Waals surface area contributed by atoms with Crippen molar-refractivity contribution in [3.05, 3.63) is 84.2 Å². The van der Waals surface area contributed by atoms with E-state index in [2.05, 4.69) is 20.3 Å². The Hall–Kier alpha value is -4.07. The number of aryl methyl sites for hydroxylation is 1. The maximum Gasteiger partial charge on any atom is 0.305 e. The molecule has 4 rings (SSSR count). The van der Waals surface area contributed by atoms with E-state index in [9.17, 15) is 14.7 Å². The predicted molar refractivity (Wildman–Crippen MR) is 111 cm³/mol. The molecule has 0 fully saturated rings. The second-order valence-corrected chi connectivity index (χ2v) is 6.88. The number of carboxylic acid groups (broad SMARTS) is 1. The molecule has 8 nitrogen and oxygen atoms in total. The van der Waals surface area contributed by atoms with Gasteiger partial charge in [-0.05, 0) is 30.7 Å². The number of hydrogen-bond acceptors (Lipinski definition) is 5. The Kier molecular flexibility index (Phi) is 5.21. The van der Waals surface area contributed by atoms with Crippen molar-refractivity contribution in [2.24, 2.45) is 0 Å². The fourth-order valence-corrected chi connectivity index (χ4v) is 3.27. The van der Waals surface area contributed by atoms with Crippen LogP contribution in [0.1, 0.15) is 34.2 Å². The van der Waals surface area contributed by atoms with E-state index in [4.69, 9.17) is 0 Å². The topological polar surface area (TPSA) is 110 Å². The van der Waals surface area contributed by atoms with Crippen LogP contribution in [0.15, 0.2) is 67.3 Å². The van der Waals surface area contributed by atoms with Crippen LogP contribution < -0.4 is 5.32 Å². The number of fused-ring (bicyclic) bond motifs is 1. The average molecular weight is 401 g/mol. The Morgan fingerprint density at radius 2 is 1.87 bits per heavy atom. The highest BCUT2D eigenvalue weighted by molar-refractivity contribution is 6.03. The first-order valence-corrected chi connectivity index (χ1v) is 9.34. The second-order valence-electron chi connectivity index (χ2n) is 6.88. The van der Waals surface area contributed by atoms with Crippen LogP contribution in [0.2, 0.25) is 0 Å². The normalized spacial score (nSPS) is 11.9. The van der Waals surface area contributed by atoms with Gasteiger partial charge in [-0.15, -0.1) is 0 Å². The summed E-state index contributed by atoms with van der Waals surface area (Å²) in [5.74, 6) is -1.29. The maximum absolute atomic E-state index is 12.5. The van der Waals surface area contributed by atoms with Crippen molar-refractivity contribution in [1.82, 2.24) is 19.5 Å². The zero-order chi connectivity index (χ0) is 21.1. The van der Waals surface area contributed by atoms with Crippen molar-refractivity contribution in [3.8, 4) is 0 Å². The number of aromatic nitrogens is 4. The molecule has 2 N–H and O–H groups in total. The molecule has 0 spiro atoms. The van der Waals surface area contributed by atoms with E-state index in [0.717, 1.165) is 16.8 Å². The highest BCUT2D eigenvalue weighted by atomic mass is 16.4. The van der Waals surface area contributed by atoms with Gasteiger partial charge in [-0.1, -0.05) is 30.3 Å². The predicted octanol–water partition coefficient (Wildman–Crippen LogP) is 3.45. The van der Waals surface area contributed by atoms with Crippen LogP contribution in [-0.2, 0) is 4.79 Å². The lowest BCUT2D eigenvalue weighted by atomic mass is 10.0. The highest BCUT2D eigenvalue weighted by Crippen LogP contribution is 2.28. The molecular formula is C22H19N5O3.